The highest BCUT2D eigenvalue weighted by Gasteiger charge is 2.43. The molecule has 5 heterocycles. The Hall–Kier alpha value is -2.19. The molecule has 3 fully saturated rings. The minimum absolute atomic E-state index is 0.0241. The lowest BCUT2D eigenvalue weighted by molar-refractivity contribution is -0.121. The lowest BCUT2D eigenvalue weighted by atomic mass is 10.0. The van der Waals surface area contributed by atoms with E-state index in [2.05, 4.69) is 49.5 Å². The molecular weight excluding hydrogens is 733 g/mol. The fourth-order valence-electron chi connectivity index (χ4n) is 5.73. The van der Waals surface area contributed by atoms with Gasteiger partial charge in [0.15, 0.2) is 11.9 Å². The summed E-state index contributed by atoms with van der Waals surface area (Å²) in [5, 5.41) is 17.5. The third kappa shape index (κ3) is 11.1. The fourth-order valence-corrected chi connectivity index (χ4v) is 10.3. The van der Waals surface area contributed by atoms with Crippen molar-refractivity contribution in [1.82, 2.24) is 35.7 Å². The van der Waals surface area contributed by atoms with Gasteiger partial charge < -0.3 is 45.6 Å². The number of aromatic nitrogens is 4. The van der Waals surface area contributed by atoms with Crippen LogP contribution in [0.2, 0.25) is 0 Å². The molecule has 3 aliphatic rings. The molecule has 0 spiro atoms. The maximum absolute atomic E-state index is 12.2. The van der Waals surface area contributed by atoms with Crippen LogP contribution >= 0.6 is 35.2 Å². The van der Waals surface area contributed by atoms with Gasteiger partial charge in [0.2, 0.25) is 5.91 Å². The third-order valence-electron chi connectivity index (χ3n) is 7.89. The fraction of sp³-hybridized carbons (Fsp3) is 0.708. The Labute approximate surface area is 284 Å². The van der Waals surface area contributed by atoms with Crippen LogP contribution in [-0.4, -0.2) is 100 Å². The Morgan fingerprint density at radius 2 is 1.84 bits per heavy atom. The van der Waals surface area contributed by atoms with Crippen molar-refractivity contribution in [2.24, 2.45) is 0 Å². The third-order valence-corrected chi connectivity index (χ3v) is 13.2. The van der Waals surface area contributed by atoms with Gasteiger partial charge in [0.1, 0.15) is 12.1 Å². The molecule has 7 atom stereocenters. The molecule has 0 saturated carbocycles. The molecule has 3 aliphatic heterocycles. The molecule has 5 rings (SSSR count). The average Bonchev–Trinajstić information content (AvgIpc) is 3.79. The first-order valence-electron chi connectivity index (χ1n) is 15.5. The van der Waals surface area contributed by atoms with Crippen molar-refractivity contribution in [2.75, 3.05) is 30.8 Å². The number of carbonyl (C=O) groups excluding carboxylic acids is 2. The molecule has 274 valence electrons. The number of hydrogen-bond donors (Lipinski definition) is 8. The average molecular weight is 773 g/mol. The topological polar surface area (TPSA) is 295 Å². The van der Waals surface area contributed by atoms with Crippen LogP contribution in [0.1, 0.15) is 57.6 Å². The van der Waals surface area contributed by atoms with Crippen LogP contribution in [0.25, 0.3) is 11.0 Å². The predicted molar refractivity (Wildman–Crippen MR) is 173 cm³/mol. The molecule has 25 heteroatoms. The molecule has 5 unspecified atom stereocenters. The minimum atomic E-state index is -5.61. The summed E-state index contributed by atoms with van der Waals surface area (Å²) in [7, 11) is -16.4. The van der Waals surface area contributed by atoms with E-state index in [1.54, 1.807) is 6.20 Å². The molecular formula is C24H39N8O13P3S. The van der Waals surface area contributed by atoms with Crippen LogP contribution in [0.3, 0.4) is 0 Å². The van der Waals surface area contributed by atoms with Crippen molar-refractivity contribution in [3.8, 4) is 0 Å². The summed E-state index contributed by atoms with van der Waals surface area (Å²) in [6, 6.07) is 0.296. The number of rotatable bonds is 19. The van der Waals surface area contributed by atoms with Crippen molar-refractivity contribution in [1.29, 1.82) is 0 Å². The number of hydrogen-bond acceptors (Lipinski definition) is 14. The summed E-state index contributed by atoms with van der Waals surface area (Å²) in [6.45, 7) is 0.588. The normalized spacial score (nSPS) is 26.1. The molecule has 8 N–H and O–H groups in total. The Kier molecular flexibility index (Phi) is 12.8. The first kappa shape index (κ1) is 38.1. The van der Waals surface area contributed by atoms with Gasteiger partial charge in [-0.1, -0.05) is 6.42 Å². The summed E-state index contributed by atoms with van der Waals surface area (Å²) in [5.41, 5.74) is 0.472. The van der Waals surface area contributed by atoms with Gasteiger partial charge in [-0.25, -0.2) is 33.1 Å². The van der Waals surface area contributed by atoms with E-state index in [-0.39, 0.29) is 24.0 Å². The number of carbonyl (C=O) groups is 2. The van der Waals surface area contributed by atoms with E-state index in [9.17, 15) is 33.1 Å². The van der Waals surface area contributed by atoms with Gasteiger partial charge in [-0.2, -0.15) is 25.5 Å². The van der Waals surface area contributed by atoms with Crippen molar-refractivity contribution in [3.63, 3.8) is 0 Å². The number of phosphoric acid groups is 3. The molecule has 0 aliphatic carbocycles. The molecule has 0 bridgehead atoms. The zero-order valence-corrected chi connectivity index (χ0v) is 29.5. The smallest absolute Gasteiger partial charge is 0.369 e. The van der Waals surface area contributed by atoms with Crippen LogP contribution in [-0.2, 0) is 36.4 Å². The van der Waals surface area contributed by atoms with Gasteiger partial charge in [-0.15, -0.1) is 0 Å². The number of nitrogens with one attached hydrogen (secondary N) is 4. The molecule has 3 amide bonds. The maximum atomic E-state index is 12.2. The van der Waals surface area contributed by atoms with E-state index in [1.807, 2.05) is 11.8 Å². The number of fused-ring (bicyclic) bond motifs is 2. The second kappa shape index (κ2) is 16.4. The lowest BCUT2D eigenvalue weighted by Gasteiger charge is -2.18. The molecule has 0 radical (unpaired) electrons. The van der Waals surface area contributed by atoms with E-state index >= 15 is 0 Å². The van der Waals surface area contributed by atoms with Crippen LogP contribution in [0, 0.1) is 0 Å². The number of ether oxygens (including phenoxy) is 1. The van der Waals surface area contributed by atoms with E-state index in [1.165, 1.54) is 11.0 Å². The Balaban J connectivity index is 0.976. The summed E-state index contributed by atoms with van der Waals surface area (Å²) in [4.78, 5) is 68.6. The highest BCUT2D eigenvalue weighted by molar-refractivity contribution is 8.00. The lowest BCUT2D eigenvalue weighted by Crippen LogP contribution is -2.36. The van der Waals surface area contributed by atoms with Crippen LogP contribution in [0.5, 0.6) is 0 Å². The Bertz CT molecular complexity index is 1630. The second-order valence-electron chi connectivity index (χ2n) is 11.6. The minimum Gasteiger partial charge on any atom is -0.369 e. The van der Waals surface area contributed by atoms with Crippen LogP contribution in [0.4, 0.5) is 10.6 Å². The Morgan fingerprint density at radius 3 is 2.63 bits per heavy atom. The van der Waals surface area contributed by atoms with Crippen molar-refractivity contribution < 1.29 is 60.7 Å². The molecule has 3 saturated heterocycles. The Morgan fingerprint density at radius 1 is 1.04 bits per heavy atom. The SMILES string of the molecule is O=C(CCCCC1SC[C@@H]2NC(=O)N[C@H]12)NCCCCNc1ncnc2c1cnn2C1CCC(COP(=O)(O)OP(=O)(O)OP(=O)(O)O)O1. The monoisotopic (exact) mass is 772 g/mol. The van der Waals surface area contributed by atoms with Crippen molar-refractivity contribution in [2.45, 2.75) is 81.0 Å². The largest absolute Gasteiger partial charge is 0.490 e. The predicted octanol–water partition coefficient (Wildman–Crippen LogP) is 1.88. The van der Waals surface area contributed by atoms with Gasteiger partial charge in [-0.05, 0) is 38.5 Å². The first-order valence-corrected chi connectivity index (χ1v) is 21.1. The highest BCUT2D eigenvalue weighted by Crippen LogP contribution is 2.66. The summed E-state index contributed by atoms with van der Waals surface area (Å²) in [6.07, 6.45) is 7.02. The van der Waals surface area contributed by atoms with Gasteiger partial charge in [0.05, 0.1) is 36.4 Å². The molecule has 2 aromatic heterocycles. The van der Waals surface area contributed by atoms with E-state index in [4.69, 9.17) is 14.5 Å². The van der Waals surface area contributed by atoms with Crippen molar-refractivity contribution in [3.05, 3.63) is 12.5 Å². The number of amides is 3. The first-order chi connectivity index (χ1) is 23.2. The summed E-state index contributed by atoms with van der Waals surface area (Å²) >= 11 is 1.87. The summed E-state index contributed by atoms with van der Waals surface area (Å²) < 4.78 is 53.7. The summed E-state index contributed by atoms with van der Waals surface area (Å²) in [5.74, 6) is 1.51. The standard InChI is InChI=1S/C24H39N8O13P3S/c33-19(6-2-1-5-18-21-17(13-49-18)30-24(34)31-21)25-9-3-4-10-26-22-16-11-29-32(23(16)28-14-27-22)20-8-7-15(43-20)12-42-47(38,39)45-48(40,41)44-46(35,36)37/h11,14-15,17-18,20-21H,1-10,12-13H2,(H,25,33)(H,38,39)(H,40,41)(H,26,27,28)(H2,30,31,34)(H2,35,36,37)/t15?,17-,18?,20?,21-/m0/s1. The maximum Gasteiger partial charge on any atom is 0.490 e. The number of urea groups is 1. The van der Waals surface area contributed by atoms with Crippen molar-refractivity contribution >= 4 is 64.0 Å². The van der Waals surface area contributed by atoms with Gasteiger partial charge in [0, 0.05) is 30.5 Å². The number of anilines is 1. The van der Waals surface area contributed by atoms with Gasteiger partial charge in [0.25, 0.3) is 0 Å². The number of thioether (sulfide) groups is 1. The number of unbranched alkanes of at least 4 members (excludes halogenated alkanes) is 2. The number of phosphoric ester groups is 1. The highest BCUT2D eigenvalue weighted by atomic mass is 32.2. The molecule has 21 nitrogen and oxygen atoms in total. The molecule has 2 aromatic rings. The second-order valence-corrected chi connectivity index (χ2v) is 17.3. The zero-order chi connectivity index (χ0) is 35.2. The molecule has 49 heavy (non-hydrogen) atoms. The number of nitrogens with zero attached hydrogens (tertiary/aromatic N) is 4. The molecule has 0 aromatic carbocycles. The van der Waals surface area contributed by atoms with E-state index in [0.717, 1.165) is 37.9 Å². The zero-order valence-electron chi connectivity index (χ0n) is 26.0. The van der Waals surface area contributed by atoms with E-state index < -0.39 is 42.4 Å². The van der Waals surface area contributed by atoms with E-state index in [0.29, 0.717) is 54.5 Å². The van der Waals surface area contributed by atoms with Crippen LogP contribution < -0.4 is 21.3 Å². The van der Waals surface area contributed by atoms with Gasteiger partial charge >= 0.3 is 29.5 Å². The van der Waals surface area contributed by atoms with Gasteiger partial charge in [-0.3, -0.25) is 9.32 Å². The van der Waals surface area contributed by atoms with Crippen LogP contribution in [0.15, 0.2) is 12.5 Å². The quantitative estimate of drug-likeness (QED) is 0.0574.